The molecule has 0 unspecified atom stereocenters. The van der Waals surface area contributed by atoms with Crippen LogP contribution in [0.5, 0.6) is 0 Å². The van der Waals surface area contributed by atoms with Gasteiger partial charge in [0.1, 0.15) is 4.70 Å². The Balaban J connectivity index is 1.77. The highest BCUT2D eigenvalue weighted by Gasteiger charge is 2.13. The molecule has 1 N–H and O–H groups in total. The van der Waals surface area contributed by atoms with Crippen LogP contribution >= 0.6 is 23.1 Å². The van der Waals surface area contributed by atoms with Crippen LogP contribution in [0.1, 0.15) is 18.9 Å². The van der Waals surface area contributed by atoms with Crippen LogP contribution in [0.15, 0.2) is 45.7 Å². The summed E-state index contributed by atoms with van der Waals surface area (Å²) in [6.07, 6.45) is 0.835. The van der Waals surface area contributed by atoms with E-state index in [0.717, 1.165) is 17.7 Å². The Hall–Kier alpha value is -2.12. The number of carbonyl (C=O) groups is 1. The van der Waals surface area contributed by atoms with E-state index in [1.165, 1.54) is 23.1 Å². The summed E-state index contributed by atoms with van der Waals surface area (Å²) in [7, 11) is 0. The fourth-order valence-corrected chi connectivity index (χ4v) is 4.11. The van der Waals surface area contributed by atoms with Gasteiger partial charge >= 0.3 is 0 Å². The third-order valence-electron chi connectivity index (χ3n) is 3.61. The van der Waals surface area contributed by atoms with E-state index in [1.54, 1.807) is 4.57 Å². The minimum Gasteiger partial charge on any atom is -0.325 e. The molecule has 0 atom stereocenters. The van der Waals surface area contributed by atoms with Gasteiger partial charge in [0.05, 0.1) is 11.3 Å². The maximum Gasteiger partial charge on any atom is 0.272 e. The number of anilines is 1. The molecule has 0 fully saturated rings. The molecule has 0 saturated carbocycles. The van der Waals surface area contributed by atoms with Crippen molar-refractivity contribution in [2.45, 2.75) is 32.0 Å². The highest BCUT2D eigenvalue weighted by Crippen LogP contribution is 2.21. The smallest absolute Gasteiger partial charge is 0.272 e. The van der Waals surface area contributed by atoms with Crippen LogP contribution in [0.2, 0.25) is 0 Å². The number of rotatable bonds is 6. The van der Waals surface area contributed by atoms with Gasteiger partial charge in [-0.2, -0.15) is 0 Å². The van der Waals surface area contributed by atoms with E-state index in [2.05, 4.69) is 10.3 Å². The van der Waals surface area contributed by atoms with Gasteiger partial charge in [-0.05, 0) is 42.5 Å². The first-order valence-electron chi connectivity index (χ1n) is 8.06. The molecule has 1 aromatic carbocycles. The Kier molecular flexibility index (Phi) is 5.55. The average Bonchev–Trinajstić information content (AvgIpc) is 3.05. The van der Waals surface area contributed by atoms with Crippen LogP contribution in [0, 0.1) is 6.92 Å². The predicted octanol–water partition coefficient (Wildman–Crippen LogP) is 3.91. The van der Waals surface area contributed by atoms with Crippen LogP contribution in [-0.2, 0) is 11.3 Å². The van der Waals surface area contributed by atoms with Gasteiger partial charge < -0.3 is 5.32 Å². The zero-order valence-electron chi connectivity index (χ0n) is 14.1. The molecule has 25 heavy (non-hydrogen) atoms. The summed E-state index contributed by atoms with van der Waals surface area (Å²) in [5.41, 5.74) is 2.54. The zero-order valence-corrected chi connectivity index (χ0v) is 15.7. The highest BCUT2D eigenvalue weighted by molar-refractivity contribution is 7.99. The highest BCUT2D eigenvalue weighted by atomic mass is 32.2. The predicted molar refractivity (Wildman–Crippen MR) is 105 cm³/mol. The minimum absolute atomic E-state index is 0.0246. The van der Waals surface area contributed by atoms with Crippen molar-refractivity contribution in [3.63, 3.8) is 0 Å². The van der Waals surface area contributed by atoms with Crippen molar-refractivity contribution in [2.24, 2.45) is 0 Å². The number of thiophene rings is 1. The molecule has 1 amide bonds. The molecule has 0 aliphatic rings. The van der Waals surface area contributed by atoms with Gasteiger partial charge in [-0.15, -0.1) is 11.3 Å². The Bertz CT molecular complexity index is 962. The first kappa shape index (κ1) is 17.7. The molecular formula is C18H19N3O2S2. The van der Waals surface area contributed by atoms with Crippen LogP contribution in [0.3, 0.4) is 0 Å². The van der Waals surface area contributed by atoms with E-state index in [4.69, 9.17) is 0 Å². The van der Waals surface area contributed by atoms with Crippen molar-refractivity contribution in [3.05, 3.63) is 51.6 Å². The number of thioether (sulfide) groups is 1. The summed E-state index contributed by atoms with van der Waals surface area (Å²) in [6, 6.07) is 9.51. The van der Waals surface area contributed by atoms with Crippen molar-refractivity contribution in [2.75, 3.05) is 11.1 Å². The van der Waals surface area contributed by atoms with Gasteiger partial charge in [0, 0.05) is 12.2 Å². The van der Waals surface area contributed by atoms with E-state index >= 15 is 0 Å². The van der Waals surface area contributed by atoms with Crippen molar-refractivity contribution in [3.8, 4) is 0 Å². The Morgan fingerprint density at radius 3 is 2.96 bits per heavy atom. The molecule has 2 aromatic heterocycles. The lowest BCUT2D eigenvalue weighted by atomic mass is 10.2. The Labute approximate surface area is 154 Å². The van der Waals surface area contributed by atoms with E-state index < -0.39 is 0 Å². The summed E-state index contributed by atoms with van der Waals surface area (Å²) >= 11 is 2.70. The number of hydrogen-bond acceptors (Lipinski definition) is 5. The molecule has 3 aromatic rings. The van der Waals surface area contributed by atoms with Gasteiger partial charge in [0.15, 0.2) is 5.16 Å². The summed E-state index contributed by atoms with van der Waals surface area (Å²) < 4.78 is 2.34. The Morgan fingerprint density at radius 1 is 1.36 bits per heavy atom. The summed E-state index contributed by atoms with van der Waals surface area (Å²) in [4.78, 5) is 29.4. The minimum atomic E-state index is -0.113. The van der Waals surface area contributed by atoms with Crippen molar-refractivity contribution in [1.29, 1.82) is 0 Å². The van der Waals surface area contributed by atoms with Crippen LogP contribution in [0.25, 0.3) is 10.2 Å². The third-order valence-corrected chi connectivity index (χ3v) is 5.48. The summed E-state index contributed by atoms with van der Waals surface area (Å²) in [5, 5.41) is 5.34. The van der Waals surface area contributed by atoms with Crippen LogP contribution in [-0.4, -0.2) is 21.2 Å². The second-order valence-electron chi connectivity index (χ2n) is 5.69. The zero-order chi connectivity index (χ0) is 17.8. The lowest BCUT2D eigenvalue weighted by Gasteiger charge is -2.11. The largest absolute Gasteiger partial charge is 0.325 e. The molecular weight excluding hydrogens is 354 g/mol. The topological polar surface area (TPSA) is 64.0 Å². The Morgan fingerprint density at radius 2 is 2.20 bits per heavy atom. The molecule has 5 nitrogen and oxygen atoms in total. The quantitative estimate of drug-likeness (QED) is 0.526. The van der Waals surface area contributed by atoms with E-state index in [9.17, 15) is 9.59 Å². The number of carbonyl (C=O) groups excluding carboxylic acids is 1. The van der Waals surface area contributed by atoms with Crippen molar-refractivity contribution >= 4 is 44.9 Å². The maximum atomic E-state index is 12.6. The standard InChI is InChI=1S/C18H19N3O2S2/c1-3-8-21-17(23)16-14(7-9-24-16)20-18(21)25-11-15(22)19-13-6-4-5-12(2)10-13/h4-7,9-10H,3,8,11H2,1-2H3,(H,19,22). The van der Waals surface area contributed by atoms with E-state index in [-0.39, 0.29) is 17.2 Å². The normalized spacial score (nSPS) is 11.0. The number of nitrogens with zero attached hydrogens (tertiary/aromatic N) is 2. The maximum absolute atomic E-state index is 12.6. The van der Waals surface area contributed by atoms with E-state index in [1.807, 2.05) is 49.6 Å². The lowest BCUT2D eigenvalue weighted by molar-refractivity contribution is -0.113. The number of fused-ring (bicyclic) bond motifs is 1. The summed E-state index contributed by atoms with van der Waals surface area (Å²) in [5.74, 6) is 0.0954. The molecule has 0 spiro atoms. The molecule has 3 rings (SSSR count). The monoisotopic (exact) mass is 373 g/mol. The molecule has 130 valence electrons. The molecule has 0 radical (unpaired) electrons. The lowest BCUT2D eigenvalue weighted by Crippen LogP contribution is -2.23. The molecule has 0 aliphatic heterocycles. The molecule has 0 aliphatic carbocycles. The van der Waals surface area contributed by atoms with Crippen molar-refractivity contribution in [1.82, 2.24) is 9.55 Å². The van der Waals surface area contributed by atoms with Crippen LogP contribution < -0.4 is 10.9 Å². The molecule has 0 saturated heterocycles. The third kappa shape index (κ3) is 4.11. The van der Waals surface area contributed by atoms with E-state index in [0.29, 0.717) is 21.9 Å². The fraction of sp³-hybridized carbons (Fsp3) is 0.278. The number of nitrogens with one attached hydrogen (secondary N) is 1. The number of aromatic nitrogens is 2. The van der Waals surface area contributed by atoms with Gasteiger partial charge in [-0.25, -0.2) is 4.98 Å². The first-order valence-corrected chi connectivity index (χ1v) is 9.92. The van der Waals surface area contributed by atoms with Crippen LogP contribution in [0.4, 0.5) is 5.69 Å². The fourth-order valence-electron chi connectivity index (χ4n) is 2.50. The summed E-state index contributed by atoms with van der Waals surface area (Å²) in [6.45, 7) is 4.60. The number of hydrogen-bond donors (Lipinski definition) is 1. The number of benzene rings is 1. The SMILES string of the molecule is CCCn1c(SCC(=O)Nc2cccc(C)c2)nc2ccsc2c1=O. The molecule has 0 bridgehead atoms. The first-order chi connectivity index (χ1) is 12.1. The second kappa shape index (κ2) is 7.84. The van der Waals surface area contributed by atoms with Gasteiger partial charge in [-0.1, -0.05) is 30.8 Å². The van der Waals surface area contributed by atoms with Gasteiger partial charge in [0.2, 0.25) is 5.91 Å². The molecule has 7 heteroatoms. The average molecular weight is 374 g/mol. The van der Waals surface area contributed by atoms with Crippen molar-refractivity contribution < 1.29 is 4.79 Å². The second-order valence-corrected chi connectivity index (χ2v) is 7.55. The number of amides is 1. The number of aryl methyl sites for hydroxylation is 1. The van der Waals surface area contributed by atoms with Gasteiger partial charge in [0.25, 0.3) is 5.56 Å². The molecule has 2 heterocycles. The van der Waals surface area contributed by atoms with Gasteiger partial charge in [-0.3, -0.25) is 14.2 Å².